The van der Waals surface area contributed by atoms with Crippen molar-refractivity contribution in [1.29, 1.82) is 0 Å². The van der Waals surface area contributed by atoms with Crippen LogP contribution in [0.25, 0.3) is 0 Å². The number of hydrogen-bond acceptors (Lipinski definition) is 4. The first-order valence-corrected chi connectivity index (χ1v) is 3.11. The van der Waals surface area contributed by atoms with E-state index in [2.05, 4.69) is 0 Å². The molecule has 1 N–H and O–H groups in total. The third-order valence-corrected chi connectivity index (χ3v) is 1.63. The highest BCUT2D eigenvalue weighted by Crippen LogP contribution is 2.34. The number of hydrogen-bond donors (Lipinski definition) is 1. The van der Waals surface area contributed by atoms with Gasteiger partial charge in [0.2, 0.25) is 5.82 Å². The molecule has 1 aromatic rings. The predicted octanol–water partition coefficient (Wildman–Crippen LogP) is 1.50. The Bertz CT molecular complexity index is 252. The van der Waals surface area contributed by atoms with Crippen LogP contribution in [0.3, 0.4) is 0 Å². The summed E-state index contributed by atoms with van der Waals surface area (Å²) in [5.41, 5.74) is -0.843. The number of thiophene rings is 1. The monoisotopic (exact) mass is 163 g/mol. The number of halogens is 1. The van der Waals surface area contributed by atoms with E-state index in [-0.39, 0.29) is 0 Å². The predicted molar refractivity (Wildman–Crippen MR) is 32.6 cm³/mol. The zero-order valence-electron chi connectivity index (χ0n) is 4.57. The largest absolute Gasteiger partial charge is 0.495 e. The van der Waals surface area contributed by atoms with Crippen molar-refractivity contribution >= 4 is 17.0 Å². The molecule has 4 nitrogen and oxygen atoms in total. The van der Waals surface area contributed by atoms with Crippen molar-refractivity contribution in [3.63, 3.8) is 0 Å². The van der Waals surface area contributed by atoms with Gasteiger partial charge in [0.1, 0.15) is 0 Å². The van der Waals surface area contributed by atoms with Crippen LogP contribution in [0.2, 0.25) is 0 Å². The smallest absolute Gasteiger partial charge is 0.357 e. The molecule has 1 rings (SSSR count). The zero-order chi connectivity index (χ0) is 7.72. The third kappa shape index (κ3) is 0.926. The molecule has 0 fully saturated rings. The molecule has 0 aliphatic carbocycles. The fourth-order valence-electron chi connectivity index (χ4n) is 0.487. The minimum absolute atomic E-state index is 0.595. The molecule has 0 atom stereocenters. The molecule has 0 aliphatic heterocycles. The molecule has 0 aliphatic rings. The van der Waals surface area contributed by atoms with E-state index in [4.69, 9.17) is 5.11 Å². The normalized spacial score (nSPS) is 9.70. The molecule has 0 unspecified atom stereocenters. The Balaban J connectivity index is 3.23. The summed E-state index contributed by atoms with van der Waals surface area (Å²) in [6.07, 6.45) is 0. The fraction of sp³-hybridized carbons (Fsp3) is 0. The Morgan fingerprint density at radius 1 is 1.80 bits per heavy atom. The van der Waals surface area contributed by atoms with Gasteiger partial charge in [0.25, 0.3) is 5.06 Å². The molecule has 0 spiro atoms. The maximum Gasteiger partial charge on any atom is 0.357 e. The van der Waals surface area contributed by atoms with Gasteiger partial charge in [-0.2, -0.15) is 4.39 Å². The molecule has 0 aromatic carbocycles. The Morgan fingerprint density at radius 2 is 2.40 bits per heavy atom. The lowest BCUT2D eigenvalue weighted by Crippen LogP contribution is -1.87. The molecule has 1 aromatic heterocycles. The summed E-state index contributed by atoms with van der Waals surface area (Å²) in [5, 5.41) is 18.8. The second kappa shape index (κ2) is 2.22. The standard InChI is InChI=1S/C4H2FNO3S/c5-2-1-10-4(7)3(2)6(8)9/h1,7H. The van der Waals surface area contributed by atoms with Gasteiger partial charge in [0.15, 0.2) is 0 Å². The van der Waals surface area contributed by atoms with Crippen LogP contribution in [0.1, 0.15) is 0 Å². The molecule has 0 radical (unpaired) electrons. The molecule has 0 bridgehead atoms. The van der Waals surface area contributed by atoms with Gasteiger partial charge in [0.05, 0.1) is 4.92 Å². The molecule has 0 amide bonds. The van der Waals surface area contributed by atoms with Gasteiger partial charge >= 0.3 is 5.69 Å². The van der Waals surface area contributed by atoms with Crippen LogP contribution >= 0.6 is 11.3 Å². The lowest BCUT2D eigenvalue weighted by molar-refractivity contribution is -0.388. The number of aromatic hydroxyl groups is 1. The van der Waals surface area contributed by atoms with Crippen LogP contribution in [-0.4, -0.2) is 10.0 Å². The zero-order valence-corrected chi connectivity index (χ0v) is 5.39. The van der Waals surface area contributed by atoms with Gasteiger partial charge in [-0.1, -0.05) is 11.3 Å². The van der Waals surface area contributed by atoms with E-state index in [9.17, 15) is 14.5 Å². The van der Waals surface area contributed by atoms with Crippen LogP contribution in [0, 0.1) is 15.9 Å². The maximum atomic E-state index is 12.3. The van der Waals surface area contributed by atoms with Gasteiger partial charge in [-0.15, -0.1) is 0 Å². The lowest BCUT2D eigenvalue weighted by Gasteiger charge is -1.84. The summed E-state index contributed by atoms with van der Waals surface area (Å²) in [6, 6.07) is 0. The van der Waals surface area contributed by atoms with E-state index < -0.39 is 21.5 Å². The van der Waals surface area contributed by atoms with Crippen molar-refractivity contribution in [3.05, 3.63) is 21.3 Å². The summed E-state index contributed by atoms with van der Waals surface area (Å²) in [6.45, 7) is 0. The topological polar surface area (TPSA) is 63.4 Å². The number of nitro groups is 1. The van der Waals surface area contributed by atoms with Gasteiger partial charge < -0.3 is 5.11 Å². The van der Waals surface area contributed by atoms with Crippen molar-refractivity contribution in [1.82, 2.24) is 0 Å². The first-order valence-electron chi connectivity index (χ1n) is 2.23. The highest BCUT2D eigenvalue weighted by atomic mass is 32.1. The first kappa shape index (κ1) is 6.94. The third-order valence-electron chi connectivity index (χ3n) is 0.885. The quantitative estimate of drug-likeness (QED) is 0.504. The van der Waals surface area contributed by atoms with Crippen LogP contribution in [0.4, 0.5) is 10.1 Å². The van der Waals surface area contributed by atoms with Gasteiger partial charge in [0, 0.05) is 5.38 Å². The molecular formula is C4H2FNO3S. The fourth-order valence-corrected chi connectivity index (χ4v) is 1.10. The van der Waals surface area contributed by atoms with Crippen LogP contribution < -0.4 is 0 Å². The van der Waals surface area contributed by atoms with Crippen molar-refractivity contribution < 1.29 is 14.4 Å². The maximum absolute atomic E-state index is 12.3. The number of rotatable bonds is 1. The van der Waals surface area contributed by atoms with E-state index in [1.165, 1.54) is 0 Å². The van der Waals surface area contributed by atoms with Gasteiger partial charge in [-0.25, -0.2) is 0 Å². The van der Waals surface area contributed by atoms with E-state index >= 15 is 0 Å². The first-order chi connectivity index (χ1) is 4.63. The van der Waals surface area contributed by atoms with Gasteiger partial charge in [-0.05, 0) is 0 Å². The molecule has 1 heterocycles. The second-order valence-corrected chi connectivity index (χ2v) is 2.35. The van der Waals surface area contributed by atoms with Crippen molar-refractivity contribution in [2.75, 3.05) is 0 Å². The van der Waals surface area contributed by atoms with Crippen molar-refractivity contribution in [3.8, 4) is 5.06 Å². The Morgan fingerprint density at radius 3 is 2.60 bits per heavy atom. The Labute approximate surface area is 58.7 Å². The second-order valence-electron chi connectivity index (χ2n) is 1.49. The molecule has 10 heavy (non-hydrogen) atoms. The van der Waals surface area contributed by atoms with Crippen molar-refractivity contribution in [2.45, 2.75) is 0 Å². The summed E-state index contributed by atoms with van der Waals surface area (Å²) < 4.78 is 12.3. The van der Waals surface area contributed by atoms with Crippen LogP contribution in [0.15, 0.2) is 5.38 Å². The Hall–Kier alpha value is -1.17. The van der Waals surface area contributed by atoms with E-state index in [0.29, 0.717) is 11.3 Å². The molecule has 6 heteroatoms. The van der Waals surface area contributed by atoms with E-state index in [0.717, 1.165) is 5.38 Å². The average molecular weight is 163 g/mol. The van der Waals surface area contributed by atoms with Crippen LogP contribution in [-0.2, 0) is 0 Å². The molecule has 0 saturated carbocycles. The minimum atomic E-state index is -0.993. The lowest BCUT2D eigenvalue weighted by atomic mass is 10.5. The van der Waals surface area contributed by atoms with E-state index in [1.54, 1.807) is 0 Å². The highest BCUT2D eigenvalue weighted by molar-refractivity contribution is 7.12. The highest BCUT2D eigenvalue weighted by Gasteiger charge is 2.21. The van der Waals surface area contributed by atoms with E-state index in [1.807, 2.05) is 0 Å². The number of nitrogens with zero attached hydrogens (tertiary/aromatic N) is 1. The van der Waals surface area contributed by atoms with Crippen molar-refractivity contribution in [2.24, 2.45) is 0 Å². The average Bonchev–Trinajstić information content (AvgIpc) is 2.11. The van der Waals surface area contributed by atoms with Crippen LogP contribution in [0.5, 0.6) is 5.06 Å². The summed E-state index contributed by atoms with van der Waals surface area (Å²) in [5.74, 6) is -0.993. The summed E-state index contributed by atoms with van der Waals surface area (Å²) >= 11 is 0.598. The summed E-state index contributed by atoms with van der Waals surface area (Å²) in [7, 11) is 0. The molecular weight excluding hydrogens is 161 g/mol. The molecule has 0 saturated heterocycles. The molecule has 54 valence electrons. The minimum Gasteiger partial charge on any atom is -0.495 e. The van der Waals surface area contributed by atoms with Gasteiger partial charge in [-0.3, -0.25) is 10.1 Å². The SMILES string of the molecule is O=[N+]([O-])c1c(F)csc1O. The Kier molecular flexibility index (Phi) is 1.54. The summed E-state index contributed by atoms with van der Waals surface area (Å²) in [4.78, 5) is 8.96.